The molecule has 1 heterocycles. The monoisotopic (exact) mass is 508 g/mol. The van der Waals surface area contributed by atoms with Crippen molar-refractivity contribution < 1.29 is 29.1 Å². The SMILES string of the molecule is CC[C@H](C)[C@H](NC(=O)Cc1ccccc1)C(=O)NCC(=O)N1c2cc(NC(C)=O)ccc2CC1C(=O)O. The number of fused-ring (bicyclic) bond motifs is 1. The number of anilines is 2. The molecule has 196 valence electrons. The largest absolute Gasteiger partial charge is 0.480 e. The van der Waals surface area contributed by atoms with E-state index in [0.29, 0.717) is 23.4 Å². The summed E-state index contributed by atoms with van der Waals surface area (Å²) in [6.07, 6.45) is 0.835. The zero-order valence-electron chi connectivity index (χ0n) is 21.1. The van der Waals surface area contributed by atoms with Gasteiger partial charge in [-0.2, -0.15) is 0 Å². The Kier molecular flexibility index (Phi) is 9.00. The van der Waals surface area contributed by atoms with Crippen LogP contribution in [0.25, 0.3) is 0 Å². The predicted octanol–water partition coefficient (Wildman–Crippen LogP) is 1.88. The zero-order valence-corrected chi connectivity index (χ0v) is 21.1. The summed E-state index contributed by atoms with van der Waals surface area (Å²) in [5, 5.41) is 17.7. The smallest absolute Gasteiger partial charge is 0.327 e. The van der Waals surface area contributed by atoms with Crippen molar-refractivity contribution in [3.8, 4) is 0 Å². The zero-order chi connectivity index (χ0) is 27.1. The molecule has 0 saturated carbocycles. The van der Waals surface area contributed by atoms with Gasteiger partial charge in [-0.3, -0.25) is 24.1 Å². The van der Waals surface area contributed by atoms with Crippen molar-refractivity contribution in [1.29, 1.82) is 0 Å². The number of carboxylic acid groups (broad SMARTS) is 1. The molecule has 4 N–H and O–H groups in total. The van der Waals surface area contributed by atoms with Crippen LogP contribution in [0.4, 0.5) is 11.4 Å². The molecule has 3 rings (SSSR count). The fourth-order valence-corrected chi connectivity index (χ4v) is 4.28. The van der Waals surface area contributed by atoms with Crippen LogP contribution in [0.5, 0.6) is 0 Å². The second kappa shape index (κ2) is 12.2. The highest BCUT2D eigenvalue weighted by Gasteiger charge is 2.39. The molecule has 10 heteroatoms. The number of nitrogens with zero attached hydrogens (tertiary/aromatic N) is 1. The lowest BCUT2D eigenvalue weighted by Gasteiger charge is -2.26. The topological polar surface area (TPSA) is 145 Å². The Bertz CT molecular complexity index is 1180. The van der Waals surface area contributed by atoms with E-state index in [-0.39, 0.29) is 30.6 Å². The van der Waals surface area contributed by atoms with Crippen LogP contribution >= 0.6 is 0 Å². The number of hydrogen-bond acceptors (Lipinski definition) is 5. The maximum absolute atomic E-state index is 13.2. The van der Waals surface area contributed by atoms with Gasteiger partial charge in [0, 0.05) is 19.0 Å². The summed E-state index contributed by atoms with van der Waals surface area (Å²) in [5.74, 6) is -3.14. The summed E-state index contributed by atoms with van der Waals surface area (Å²) in [7, 11) is 0. The quantitative estimate of drug-likeness (QED) is 0.386. The first kappa shape index (κ1) is 27.4. The molecule has 0 spiro atoms. The van der Waals surface area contributed by atoms with E-state index in [4.69, 9.17) is 0 Å². The normalized spacial score (nSPS) is 15.8. The van der Waals surface area contributed by atoms with E-state index >= 15 is 0 Å². The predicted molar refractivity (Wildman–Crippen MR) is 138 cm³/mol. The molecule has 0 radical (unpaired) electrons. The number of aliphatic carboxylic acids is 1. The molecule has 0 aliphatic carbocycles. The van der Waals surface area contributed by atoms with E-state index in [1.165, 1.54) is 6.92 Å². The highest BCUT2D eigenvalue weighted by atomic mass is 16.4. The Morgan fingerprint density at radius 3 is 2.41 bits per heavy atom. The van der Waals surface area contributed by atoms with Crippen LogP contribution < -0.4 is 20.9 Å². The van der Waals surface area contributed by atoms with Gasteiger partial charge in [-0.15, -0.1) is 0 Å². The highest BCUT2D eigenvalue weighted by molar-refractivity contribution is 6.05. The number of carbonyl (C=O) groups excluding carboxylic acids is 4. The van der Waals surface area contributed by atoms with Crippen molar-refractivity contribution in [2.75, 3.05) is 16.8 Å². The number of carbonyl (C=O) groups is 5. The molecule has 0 aromatic heterocycles. The second-order valence-electron chi connectivity index (χ2n) is 9.16. The third-order valence-electron chi connectivity index (χ3n) is 6.38. The molecular weight excluding hydrogens is 476 g/mol. The van der Waals surface area contributed by atoms with Crippen LogP contribution in [-0.2, 0) is 36.8 Å². The molecule has 1 unspecified atom stereocenters. The van der Waals surface area contributed by atoms with Crippen LogP contribution in [0.2, 0.25) is 0 Å². The molecule has 1 aliphatic heterocycles. The minimum atomic E-state index is -1.18. The minimum Gasteiger partial charge on any atom is -0.480 e. The van der Waals surface area contributed by atoms with Gasteiger partial charge in [0.1, 0.15) is 12.1 Å². The van der Waals surface area contributed by atoms with Gasteiger partial charge in [-0.25, -0.2) is 4.79 Å². The third kappa shape index (κ3) is 6.93. The van der Waals surface area contributed by atoms with E-state index in [1.54, 1.807) is 18.2 Å². The first-order chi connectivity index (χ1) is 17.6. The van der Waals surface area contributed by atoms with Crippen LogP contribution in [0.3, 0.4) is 0 Å². The Morgan fingerprint density at radius 2 is 1.78 bits per heavy atom. The summed E-state index contributed by atoms with van der Waals surface area (Å²) < 4.78 is 0. The highest BCUT2D eigenvalue weighted by Crippen LogP contribution is 2.34. The number of benzene rings is 2. The van der Waals surface area contributed by atoms with Crippen molar-refractivity contribution in [1.82, 2.24) is 10.6 Å². The number of carboxylic acids is 1. The second-order valence-corrected chi connectivity index (χ2v) is 9.16. The Labute approximate surface area is 215 Å². The molecular formula is C27H32N4O6. The summed E-state index contributed by atoms with van der Waals surface area (Å²) >= 11 is 0. The summed E-state index contributed by atoms with van der Waals surface area (Å²) in [6, 6.07) is 12.0. The first-order valence-corrected chi connectivity index (χ1v) is 12.2. The lowest BCUT2D eigenvalue weighted by molar-refractivity contribution is -0.139. The fraction of sp³-hybridized carbons (Fsp3) is 0.370. The van der Waals surface area contributed by atoms with Crippen LogP contribution in [-0.4, -0.2) is 53.3 Å². The van der Waals surface area contributed by atoms with Gasteiger partial charge < -0.3 is 21.1 Å². The number of amides is 4. The maximum Gasteiger partial charge on any atom is 0.327 e. The molecule has 4 amide bonds. The molecule has 2 aromatic rings. The third-order valence-corrected chi connectivity index (χ3v) is 6.38. The van der Waals surface area contributed by atoms with Gasteiger partial charge in [0.15, 0.2) is 0 Å². The van der Waals surface area contributed by atoms with E-state index in [0.717, 1.165) is 10.5 Å². The van der Waals surface area contributed by atoms with Crippen molar-refractivity contribution in [3.63, 3.8) is 0 Å². The Morgan fingerprint density at radius 1 is 1.08 bits per heavy atom. The molecule has 37 heavy (non-hydrogen) atoms. The van der Waals surface area contributed by atoms with Crippen LogP contribution in [0.15, 0.2) is 48.5 Å². The van der Waals surface area contributed by atoms with Gasteiger partial charge in [0.05, 0.1) is 18.7 Å². The average molecular weight is 509 g/mol. The van der Waals surface area contributed by atoms with Gasteiger partial charge in [0.25, 0.3) is 0 Å². The molecule has 0 fully saturated rings. The van der Waals surface area contributed by atoms with Gasteiger partial charge >= 0.3 is 5.97 Å². The van der Waals surface area contributed by atoms with Gasteiger partial charge in [-0.1, -0.05) is 56.7 Å². The van der Waals surface area contributed by atoms with E-state index in [2.05, 4.69) is 16.0 Å². The number of nitrogens with one attached hydrogen (secondary N) is 3. The summed E-state index contributed by atoms with van der Waals surface area (Å²) in [6.45, 7) is 4.62. The maximum atomic E-state index is 13.2. The molecule has 10 nitrogen and oxygen atoms in total. The Hall–Kier alpha value is -4.21. The van der Waals surface area contributed by atoms with Crippen molar-refractivity contribution in [3.05, 3.63) is 59.7 Å². The van der Waals surface area contributed by atoms with Crippen molar-refractivity contribution in [2.45, 2.75) is 52.1 Å². The van der Waals surface area contributed by atoms with Crippen molar-refractivity contribution in [2.24, 2.45) is 5.92 Å². The van der Waals surface area contributed by atoms with E-state index in [9.17, 15) is 29.1 Å². The summed E-state index contributed by atoms with van der Waals surface area (Å²) in [5.41, 5.74) is 2.25. The van der Waals surface area contributed by atoms with Gasteiger partial charge in [-0.05, 0) is 29.2 Å². The van der Waals surface area contributed by atoms with E-state index in [1.807, 2.05) is 44.2 Å². The van der Waals surface area contributed by atoms with Crippen LogP contribution in [0.1, 0.15) is 38.3 Å². The molecule has 0 bridgehead atoms. The lowest BCUT2D eigenvalue weighted by Crippen LogP contribution is -2.53. The minimum absolute atomic E-state index is 0.107. The lowest BCUT2D eigenvalue weighted by atomic mass is 9.98. The molecule has 3 atom stereocenters. The fourth-order valence-electron chi connectivity index (χ4n) is 4.28. The number of hydrogen-bond donors (Lipinski definition) is 4. The Balaban J connectivity index is 1.71. The first-order valence-electron chi connectivity index (χ1n) is 12.2. The number of rotatable bonds is 10. The standard InChI is InChI=1S/C27H32N4O6/c1-4-16(2)25(30-23(33)12-18-8-6-5-7-9-18)26(35)28-15-24(34)31-21-14-20(29-17(3)32)11-10-19(21)13-22(31)27(36)37/h5-11,14,16,22,25H,4,12-13,15H2,1-3H3,(H,28,35)(H,29,32)(H,30,33)(H,36,37)/t16-,22?,25-/m0/s1. The molecule has 1 aliphatic rings. The molecule has 2 aromatic carbocycles. The van der Waals surface area contributed by atoms with E-state index < -0.39 is 36.4 Å². The summed E-state index contributed by atoms with van der Waals surface area (Å²) in [4.78, 5) is 63.3. The molecule has 0 saturated heterocycles. The van der Waals surface area contributed by atoms with Gasteiger partial charge in [0.2, 0.25) is 23.6 Å². The average Bonchev–Trinajstić information content (AvgIpc) is 3.24. The van der Waals surface area contributed by atoms with Crippen LogP contribution in [0, 0.1) is 5.92 Å². The van der Waals surface area contributed by atoms with Crippen molar-refractivity contribution >= 4 is 41.0 Å².